The maximum absolute atomic E-state index is 11.5. The zero-order valence-corrected chi connectivity index (χ0v) is 9.73. The first kappa shape index (κ1) is 12.5. The number of hydrogen-bond donors (Lipinski definition) is 0. The fraction of sp³-hybridized carbons (Fsp3) is 0.500. The van der Waals surface area contributed by atoms with Crippen LogP contribution in [0.25, 0.3) is 0 Å². The lowest BCUT2D eigenvalue weighted by atomic mass is 10.3. The molecule has 0 aliphatic heterocycles. The minimum absolute atomic E-state index is 0.0111. The molecule has 0 aliphatic carbocycles. The zero-order valence-electron chi connectivity index (χ0n) is 9.73. The van der Waals surface area contributed by atoms with Gasteiger partial charge in [-0.15, -0.1) is 0 Å². The molecule has 4 nitrogen and oxygen atoms in total. The molecule has 16 heavy (non-hydrogen) atoms. The summed E-state index contributed by atoms with van der Waals surface area (Å²) in [4.78, 5) is 22.8. The number of aromatic nitrogens is 1. The maximum Gasteiger partial charge on any atom is 0.326 e. The fourth-order valence-electron chi connectivity index (χ4n) is 1.25. The molecule has 0 bridgehead atoms. The van der Waals surface area contributed by atoms with Gasteiger partial charge in [0.2, 0.25) is 0 Å². The zero-order chi connectivity index (χ0) is 12.0. The van der Waals surface area contributed by atoms with Gasteiger partial charge in [-0.2, -0.15) is 0 Å². The van der Waals surface area contributed by atoms with Gasteiger partial charge in [-0.05, 0) is 25.0 Å². The first-order valence-corrected chi connectivity index (χ1v) is 5.46. The highest BCUT2D eigenvalue weighted by atomic mass is 16.5. The van der Waals surface area contributed by atoms with Gasteiger partial charge in [-0.25, -0.2) is 0 Å². The number of carbonyl (C=O) groups excluding carboxylic acids is 1. The summed E-state index contributed by atoms with van der Waals surface area (Å²) in [5.74, 6) is -0.362. The normalized spacial score (nSPS) is 10.1. The fourth-order valence-corrected chi connectivity index (χ4v) is 1.25. The summed E-state index contributed by atoms with van der Waals surface area (Å²) in [6, 6.07) is 3.29. The first-order valence-electron chi connectivity index (χ1n) is 5.46. The number of carbonyl (C=O) groups is 1. The Morgan fingerprint density at radius 2 is 2.25 bits per heavy atom. The number of hydrogen-bond acceptors (Lipinski definition) is 3. The van der Waals surface area contributed by atoms with Crippen molar-refractivity contribution in [2.45, 2.75) is 33.2 Å². The third-order valence-electron chi connectivity index (χ3n) is 2.21. The van der Waals surface area contributed by atoms with Crippen LogP contribution in [0.2, 0.25) is 0 Å². The van der Waals surface area contributed by atoms with Crippen molar-refractivity contribution in [3.63, 3.8) is 0 Å². The molecular weight excluding hydrogens is 206 g/mol. The minimum atomic E-state index is -0.362. The van der Waals surface area contributed by atoms with Crippen molar-refractivity contribution in [2.75, 3.05) is 6.61 Å². The number of pyridine rings is 1. The molecule has 0 aromatic carbocycles. The third kappa shape index (κ3) is 3.88. The molecule has 4 heteroatoms. The third-order valence-corrected chi connectivity index (χ3v) is 2.21. The summed E-state index contributed by atoms with van der Waals surface area (Å²) in [5.41, 5.74) is 0.716. The molecule has 1 aromatic rings. The van der Waals surface area contributed by atoms with Crippen LogP contribution in [0.1, 0.15) is 25.3 Å². The van der Waals surface area contributed by atoms with E-state index in [4.69, 9.17) is 4.74 Å². The molecule has 0 aliphatic rings. The topological polar surface area (TPSA) is 48.3 Å². The summed E-state index contributed by atoms with van der Waals surface area (Å²) >= 11 is 0. The van der Waals surface area contributed by atoms with Gasteiger partial charge in [0.1, 0.15) is 6.54 Å². The van der Waals surface area contributed by atoms with Gasteiger partial charge in [-0.1, -0.05) is 13.3 Å². The van der Waals surface area contributed by atoms with Gasteiger partial charge >= 0.3 is 5.97 Å². The lowest BCUT2D eigenvalue weighted by molar-refractivity contribution is -0.144. The molecule has 0 N–H and O–H groups in total. The average molecular weight is 223 g/mol. The highest BCUT2D eigenvalue weighted by molar-refractivity contribution is 5.69. The molecule has 0 saturated heterocycles. The molecule has 0 spiro atoms. The van der Waals surface area contributed by atoms with Crippen LogP contribution < -0.4 is 5.56 Å². The van der Waals surface area contributed by atoms with Crippen LogP contribution in [0.3, 0.4) is 0 Å². The molecule has 0 radical (unpaired) electrons. The van der Waals surface area contributed by atoms with Gasteiger partial charge in [-0.3, -0.25) is 9.59 Å². The van der Waals surface area contributed by atoms with Gasteiger partial charge < -0.3 is 9.30 Å². The summed E-state index contributed by atoms with van der Waals surface area (Å²) in [5, 5.41) is 0. The van der Waals surface area contributed by atoms with Crippen molar-refractivity contribution < 1.29 is 9.53 Å². The van der Waals surface area contributed by atoms with E-state index in [0.717, 1.165) is 18.4 Å². The second-order valence-electron chi connectivity index (χ2n) is 3.74. The Hall–Kier alpha value is -1.58. The van der Waals surface area contributed by atoms with Crippen molar-refractivity contribution >= 4 is 5.97 Å². The number of ether oxygens (including phenoxy) is 1. The largest absolute Gasteiger partial charge is 0.464 e. The Kier molecular flexibility index (Phi) is 4.76. The molecule has 0 saturated carbocycles. The number of unbranched alkanes of at least 4 members (excludes halogenated alkanes) is 1. The van der Waals surface area contributed by atoms with E-state index in [1.807, 2.05) is 13.8 Å². The molecule has 1 aromatic heterocycles. The minimum Gasteiger partial charge on any atom is -0.464 e. The smallest absolute Gasteiger partial charge is 0.326 e. The van der Waals surface area contributed by atoms with Gasteiger partial charge in [0.05, 0.1) is 6.61 Å². The number of rotatable bonds is 5. The van der Waals surface area contributed by atoms with Crippen LogP contribution in [0.4, 0.5) is 0 Å². The van der Waals surface area contributed by atoms with Crippen LogP contribution in [0.5, 0.6) is 0 Å². The average Bonchev–Trinajstić information content (AvgIpc) is 2.23. The quantitative estimate of drug-likeness (QED) is 0.561. The van der Waals surface area contributed by atoms with Crippen LogP contribution >= 0.6 is 0 Å². The Morgan fingerprint density at radius 1 is 1.50 bits per heavy atom. The predicted octanol–water partition coefficient (Wildman–Crippen LogP) is 1.50. The molecule has 0 unspecified atom stereocenters. The Bertz CT molecular complexity index is 409. The molecule has 0 fully saturated rings. The van der Waals surface area contributed by atoms with Crippen LogP contribution in [-0.2, 0) is 16.1 Å². The monoisotopic (exact) mass is 223 g/mol. The van der Waals surface area contributed by atoms with E-state index in [9.17, 15) is 9.59 Å². The first-order chi connectivity index (χ1) is 7.63. The van der Waals surface area contributed by atoms with Crippen LogP contribution in [0.15, 0.2) is 23.1 Å². The van der Waals surface area contributed by atoms with E-state index in [0.29, 0.717) is 6.61 Å². The van der Waals surface area contributed by atoms with Gasteiger partial charge in [0.25, 0.3) is 5.56 Å². The van der Waals surface area contributed by atoms with Crippen molar-refractivity contribution in [2.24, 2.45) is 0 Å². The van der Waals surface area contributed by atoms with Crippen molar-refractivity contribution in [1.82, 2.24) is 4.57 Å². The van der Waals surface area contributed by atoms with Crippen molar-refractivity contribution in [1.29, 1.82) is 0 Å². The Labute approximate surface area is 94.9 Å². The molecule has 1 heterocycles. The summed E-state index contributed by atoms with van der Waals surface area (Å²) in [6.45, 7) is 4.28. The molecule has 0 atom stereocenters. The molecule has 1 rings (SSSR count). The van der Waals surface area contributed by atoms with Gasteiger partial charge in [0, 0.05) is 12.3 Å². The summed E-state index contributed by atoms with van der Waals surface area (Å²) in [6.07, 6.45) is 3.45. The molecular formula is C12H17NO3. The standard InChI is InChI=1S/C12H17NO3/c1-3-4-7-16-12(15)9-13-6-5-10(2)8-11(13)14/h5-6,8H,3-4,7,9H2,1-2H3. The SMILES string of the molecule is CCCCOC(=O)Cn1ccc(C)cc1=O. The van der Waals surface area contributed by atoms with E-state index in [1.54, 1.807) is 12.3 Å². The van der Waals surface area contributed by atoms with E-state index in [-0.39, 0.29) is 18.1 Å². The summed E-state index contributed by atoms with van der Waals surface area (Å²) < 4.78 is 6.32. The highest BCUT2D eigenvalue weighted by Crippen LogP contribution is 1.93. The van der Waals surface area contributed by atoms with Crippen LogP contribution in [0, 0.1) is 6.92 Å². The van der Waals surface area contributed by atoms with E-state index < -0.39 is 0 Å². The highest BCUT2D eigenvalue weighted by Gasteiger charge is 2.04. The lowest BCUT2D eigenvalue weighted by Crippen LogP contribution is -2.24. The summed E-state index contributed by atoms with van der Waals surface area (Å²) in [7, 11) is 0. The van der Waals surface area contributed by atoms with Gasteiger partial charge in [0.15, 0.2) is 0 Å². The van der Waals surface area contributed by atoms with E-state index in [2.05, 4.69) is 0 Å². The lowest BCUT2D eigenvalue weighted by Gasteiger charge is -2.06. The second-order valence-corrected chi connectivity index (χ2v) is 3.74. The predicted molar refractivity (Wildman–Crippen MR) is 61.3 cm³/mol. The van der Waals surface area contributed by atoms with Crippen molar-refractivity contribution in [3.8, 4) is 0 Å². The maximum atomic E-state index is 11.5. The van der Waals surface area contributed by atoms with Crippen molar-refractivity contribution in [3.05, 3.63) is 34.2 Å². The van der Waals surface area contributed by atoms with Crippen LogP contribution in [-0.4, -0.2) is 17.1 Å². The van der Waals surface area contributed by atoms with E-state index in [1.165, 1.54) is 10.6 Å². The Balaban J connectivity index is 2.53. The molecule has 0 amide bonds. The number of nitrogens with zero attached hydrogens (tertiary/aromatic N) is 1. The Morgan fingerprint density at radius 3 is 2.88 bits per heavy atom. The molecule has 88 valence electrons. The van der Waals surface area contributed by atoms with E-state index >= 15 is 0 Å². The number of esters is 1. The second kappa shape index (κ2) is 6.10. The number of aryl methyl sites for hydroxylation is 1.